The summed E-state index contributed by atoms with van der Waals surface area (Å²) in [5, 5.41) is 6.71. The first-order valence-corrected chi connectivity index (χ1v) is 9.27. The van der Waals surface area contributed by atoms with Crippen LogP contribution in [0.25, 0.3) is 0 Å². The van der Waals surface area contributed by atoms with Crippen molar-refractivity contribution in [2.75, 3.05) is 39.2 Å². The molecule has 1 atom stereocenters. The van der Waals surface area contributed by atoms with Gasteiger partial charge in [-0.05, 0) is 17.5 Å². The molecule has 2 aromatic rings. The van der Waals surface area contributed by atoms with Gasteiger partial charge < -0.3 is 20.3 Å². The fourth-order valence-corrected chi connectivity index (χ4v) is 2.65. The summed E-state index contributed by atoms with van der Waals surface area (Å²) in [7, 11) is 5.77. The number of aromatic nitrogens is 1. The van der Waals surface area contributed by atoms with Gasteiger partial charge in [-0.15, -0.1) is 0 Å². The van der Waals surface area contributed by atoms with Crippen molar-refractivity contribution in [3.63, 3.8) is 0 Å². The van der Waals surface area contributed by atoms with Gasteiger partial charge in [0.2, 0.25) is 0 Å². The topological polar surface area (TPSA) is 61.8 Å². The van der Waals surface area contributed by atoms with Crippen LogP contribution in [0.1, 0.15) is 18.1 Å². The average molecular weight is 370 g/mol. The third kappa shape index (κ3) is 7.27. The number of pyridine rings is 1. The van der Waals surface area contributed by atoms with Crippen molar-refractivity contribution in [1.82, 2.24) is 15.6 Å². The van der Waals surface area contributed by atoms with Crippen molar-refractivity contribution in [3.8, 4) is 0 Å². The summed E-state index contributed by atoms with van der Waals surface area (Å²) in [5.74, 6) is 2.12. The summed E-state index contributed by atoms with van der Waals surface area (Å²) in [6.07, 6.45) is 1.81. The Morgan fingerprint density at radius 1 is 1.15 bits per heavy atom. The van der Waals surface area contributed by atoms with E-state index in [4.69, 9.17) is 4.74 Å². The van der Waals surface area contributed by atoms with Crippen LogP contribution in [0.3, 0.4) is 0 Å². The highest BCUT2D eigenvalue weighted by molar-refractivity contribution is 5.79. The van der Waals surface area contributed by atoms with Crippen molar-refractivity contribution >= 4 is 11.8 Å². The molecule has 0 bridgehead atoms. The van der Waals surface area contributed by atoms with E-state index >= 15 is 0 Å². The maximum atomic E-state index is 5.80. The molecule has 1 aromatic carbocycles. The molecule has 0 aliphatic heterocycles. The zero-order valence-electron chi connectivity index (χ0n) is 16.8. The van der Waals surface area contributed by atoms with Gasteiger partial charge in [0, 0.05) is 46.0 Å². The van der Waals surface area contributed by atoms with Crippen molar-refractivity contribution in [2.24, 2.45) is 10.9 Å². The number of anilines is 1. The molecule has 0 aliphatic rings. The molecule has 6 heteroatoms. The maximum absolute atomic E-state index is 5.80. The number of nitrogens with zero attached hydrogens (tertiary/aromatic N) is 3. The molecule has 0 saturated carbocycles. The summed E-state index contributed by atoms with van der Waals surface area (Å²) in [4.78, 5) is 10.7. The lowest BCUT2D eigenvalue weighted by Gasteiger charge is -2.19. The average Bonchev–Trinajstić information content (AvgIpc) is 2.69. The van der Waals surface area contributed by atoms with Gasteiger partial charge in [-0.1, -0.05) is 43.3 Å². The van der Waals surface area contributed by atoms with Gasteiger partial charge in [0.05, 0.1) is 13.2 Å². The predicted molar refractivity (Wildman–Crippen MR) is 112 cm³/mol. The Labute approximate surface area is 162 Å². The quantitative estimate of drug-likeness (QED) is 0.526. The van der Waals surface area contributed by atoms with Gasteiger partial charge in [0.1, 0.15) is 5.82 Å². The van der Waals surface area contributed by atoms with Crippen LogP contribution in [-0.4, -0.2) is 45.2 Å². The molecule has 2 N–H and O–H groups in total. The summed E-state index contributed by atoms with van der Waals surface area (Å²) in [5.41, 5.74) is 2.33. The Hall–Kier alpha value is -2.60. The number of benzene rings is 1. The molecular formula is C21H31N5O. The Bertz CT molecular complexity index is 703. The lowest BCUT2D eigenvalue weighted by atomic mass is 10.2. The van der Waals surface area contributed by atoms with Gasteiger partial charge in [0.15, 0.2) is 5.96 Å². The summed E-state index contributed by atoms with van der Waals surface area (Å²) < 4.78 is 5.80. The zero-order valence-corrected chi connectivity index (χ0v) is 16.8. The van der Waals surface area contributed by atoms with Crippen LogP contribution in [0.5, 0.6) is 0 Å². The Kier molecular flexibility index (Phi) is 8.58. The van der Waals surface area contributed by atoms with Crippen LogP contribution in [0.2, 0.25) is 0 Å². The van der Waals surface area contributed by atoms with Crippen molar-refractivity contribution in [3.05, 3.63) is 59.8 Å². The summed E-state index contributed by atoms with van der Waals surface area (Å²) in [6, 6.07) is 14.3. The van der Waals surface area contributed by atoms with Gasteiger partial charge >= 0.3 is 0 Å². The Morgan fingerprint density at radius 2 is 1.93 bits per heavy atom. The van der Waals surface area contributed by atoms with Crippen LogP contribution in [-0.2, 0) is 17.9 Å². The number of ether oxygens (including phenoxy) is 1. The minimum Gasteiger partial charge on any atom is -0.376 e. The van der Waals surface area contributed by atoms with E-state index in [0.717, 1.165) is 23.9 Å². The second-order valence-electron chi connectivity index (χ2n) is 6.79. The Morgan fingerprint density at radius 3 is 2.63 bits per heavy atom. The van der Waals surface area contributed by atoms with Crippen molar-refractivity contribution in [1.29, 1.82) is 0 Å². The van der Waals surface area contributed by atoms with Crippen LogP contribution in [0.4, 0.5) is 5.82 Å². The van der Waals surface area contributed by atoms with E-state index in [1.807, 2.05) is 49.5 Å². The monoisotopic (exact) mass is 369 g/mol. The van der Waals surface area contributed by atoms with E-state index in [0.29, 0.717) is 25.7 Å². The molecule has 1 unspecified atom stereocenters. The lowest BCUT2D eigenvalue weighted by Crippen LogP contribution is -2.39. The van der Waals surface area contributed by atoms with Crippen LogP contribution < -0.4 is 15.5 Å². The van der Waals surface area contributed by atoms with Gasteiger partial charge in [-0.25, -0.2) is 4.98 Å². The molecule has 0 aliphatic carbocycles. The highest BCUT2D eigenvalue weighted by atomic mass is 16.5. The maximum Gasteiger partial charge on any atom is 0.191 e. The molecule has 27 heavy (non-hydrogen) atoms. The number of hydrogen-bond acceptors (Lipinski definition) is 4. The first-order chi connectivity index (χ1) is 13.1. The molecule has 0 fully saturated rings. The standard InChI is InChI=1S/C21H31N5O/c1-17(15-27-16-18-9-6-5-7-10-18)13-24-21(22-2)25-14-19-11-8-12-23-20(19)26(3)4/h5-12,17H,13-16H2,1-4H3,(H2,22,24,25). The molecule has 0 saturated heterocycles. The number of hydrogen-bond donors (Lipinski definition) is 2. The number of rotatable bonds is 9. The Balaban J connectivity index is 1.72. The molecule has 2 rings (SSSR count). The third-order valence-corrected chi connectivity index (χ3v) is 4.09. The van der Waals surface area contributed by atoms with Crippen molar-refractivity contribution in [2.45, 2.75) is 20.1 Å². The van der Waals surface area contributed by atoms with E-state index in [2.05, 4.69) is 45.7 Å². The van der Waals surface area contributed by atoms with Crippen LogP contribution >= 0.6 is 0 Å². The molecule has 1 heterocycles. The second-order valence-corrected chi connectivity index (χ2v) is 6.79. The van der Waals surface area contributed by atoms with Crippen LogP contribution in [0, 0.1) is 5.92 Å². The molecule has 0 radical (unpaired) electrons. The first-order valence-electron chi connectivity index (χ1n) is 9.27. The second kappa shape index (κ2) is 11.2. The van der Waals surface area contributed by atoms with Gasteiger partial charge in [0.25, 0.3) is 0 Å². The van der Waals surface area contributed by atoms with Crippen LogP contribution in [0.15, 0.2) is 53.7 Å². The number of guanidine groups is 1. The minimum absolute atomic E-state index is 0.378. The molecule has 0 amide bonds. The van der Waals surface area contributed by atoms with E-state index in [1.165, 1.54) is 5.56 Å². The van der Waals surface area contributed by atoms with E-state index < -0.39 is 0 Å². The SMILES string of the molecule is CN=C(NCc1cccnc1N(C)C)NCC(C)COCc1ccccc1. The van der Waals surface area contributed by atoms with Gasteiger partial charge in [-0.3, -0.25) is 4.99 Å². The molecule has 0 spiro atoms. The fourth-order valence-electron chi connectivity index (χ4n) is 2.65. The number of aliphatic imine (C=N–C) groups is 1. The fraction of sp³-hybridized carbons (Fsp3) is 0.429. The number of nitrogens with one attached hydrogen (secondary N) is 2. The van der Waals surface area contributed by atoms with E-state index in [-0.39, 0.29) is 0 Å². The molecular weight excluding hydrogens is 338 g/mol. The minimum atomic E-state index is 0.378. The molecule has 1 aromatic heterocycles. The van der Waals surface area contributed by atoms with Gasteiger partial charge in [-0.2, -0.15) is 0 Å². The zero-order chi connectivity index (χ0) is 19.5. The van der Waals surface area contributed by atoms with Crippen molar-refractivity contribution < 1.29 is 4.74 Å². The third-order valence-electron chi connectivity index (χ3n) is 4.09. The lowest BCUT2D eigenvalue weighted by molar-refractivity contribution is 0.0931. The van der Waals surface area contributed by atoms with E-state index in [9.17, 15) is 0 Å². The highest BCUT2D eigenvalue weighted by Crippen LogP contribution is 2.13. The normalized spacial score (nSPS) is 12.5. The van der Waals surface area contributed by atoms with E-state index in [1.54, 1.807) is 7.05 Å². The largest absolute Gasteiger partial charge is 0.376 e. The summed E-state index contributed by atoms with van der Waals surface area (Å²) >= 11 is 0. The molecule has 146 valence electrons. The summed E-state index contributed by atoms with van der Waals surface area (Å²) in [6.45, 7) is 4.97. The molecule has 6 nitrogen and oxygen atoms in total. The smallest absolute Gasteiger partial charge is 0.191 e. The highest BCUT2D eigenvalue weighted by Gasteiger charge is 2.08. The predicted octanol–water partition coefficient (Wildman–Crippen LogP) is 2.67. The first kappa shape index (κ1) is 20.7.